The maximum atomic E-state index is 12.1. The minimum atomic E-state index is -3.58. The van der Waals surface area contributed by atoms with Crippen molar-refractivity contribution in [3.63, 3.8) is 0 Å². The number of benzene rings is 1. The molecular weight excluding hydrogens is 296 g/mol. The monoisotopic (exact) mass is 306 g/mol. The molecule has 0 aliphatic rings. The Labute approximate surface area is 120 Å². The highest BCUT2D eigenvalue weighted by Gasteiger charge is 2.16. The molecule has 0 spiro atoms. The highest BCUT2D eigenvalue weighted by molar-refractivity contribution is 7.91. The Bertz CT molecular complexity index is 820. The van der Waals surface area contributed by atoms with Crippen molar-refractivity contribution >= 4 is 15.5 Å². The molecule has 1 heterocycles. The second-order valence-corrected chi connectivity index (χ2v) is 6.29. The fourth-order valence-electron chi connectivity index (χ4n) is 1.66. The lowest BCUT2D eigenvalue weighted by atomic mass is 10.2. The van der Waals surface area contributed by atoms with Crippen LogP contribution in [0.1, 0.15) is 5.56 Å². The van der Waals surface area contributed by atoms with Crippen LogP contribution in [0.2, 0.25) is 0 Å². The maximum Gasteiger partial charge on any atom is 0.306 e. The first kappa shape index (κ1) is 14.7. The summed E-state index contributed by atoms with van der Waals surface area (Å²) in [6.07, 6.45) is 2.23. The highest BCUT2D eigenvalue weighted by Crippen LogP contribution is 2.14. The number of nitro groups is 1. The molecule has 0 atom stereocenters. The topological polar surface area (TPSA) is 119 Å². The van der Waals surface area contributed by atoms with Gasteiger partial charge in [0.25, 0.3) is 0 Å². The summed E-state index contributed by atoms with van der Waals surface area (Å²) in [5, 5.41) is 23.0. The molecule has 0 bridgehead atoms. The van der Waals surface area contributed by atoms with Crippen molar-refractivity contribution < 1.29 is 13.3 Å². The zero-order valence-corrected chi connectivity index (χ0v) is 11.5. The van der Waals surface area contributed by atoms with Crippen LogP contribution in [-0.4, -0.2) is 28.9 Å². The van der Waals surface area contributed by atoms with Crippen molar-refractivity contribution in [3.05, 3.63) is 52.3 Å². The largest absolute Gasteiger partial charge is 0.306 e. The van der Waals surface area contributed by atoms with Crippen molar-refractivity contribution in [1.82, 2.24) is 9.78 Å². The van der Waals surface area contributed by atoms with Gasteiger partial charge in [0, 0.05) is 0 Å². The quantitative estimate of drug-likeness (QED) is 0.603. The third-order valence-electron chi connectivity index (χ3n) is 2.74. The van der Waals surface area contributed by atoms with Gasteiger partial charge in [-0.1, -0.05) is 6.07 Å². The van der Waals surface area contributed by atoms with E-state index in [0.717, 1.165) is 6.20 Å². The first-order valence-corrected chi connectivity index (χ1v) is 7.47. The molecule has 0 radical (unpaired) electrons. The van der Waals surface area contributed by atoms with Crippen LogP contribution in [0, 0.1) is 21.4 Å². The van der Waals surface area contributed by atoms with Gasteiger partial charge in [0.05, 0.1) is 33.7 Å². The molecule has 2 aromatic rings. The van der Waals surface area contributed by atoms with Crippen LogP contribution >= 0.6 is 0 Å². The summed E-state index contributed by atoms with van der Waals surface area (Å²) in [6.45, 7) is -0.00699. The van der Waals surface area contributed by atoms with Crippen LogP contribution in [0.3, 0.4) is 0 Å². The zero-order valence-electron chi connectivity index (χ0n) is 10.7. The van der Waals surface area contributed by atoms with Crippen molar-refractivity contribution in [3.8, 4) is 6.07 Å². The molecule has 2 rings (SSSR count). The smallest absolute Gasteiger partial charge is 0.265 e. The molecular formula is C12H10N4O4S. The number of aromatic nitrogens is 2. The molecule has 0 fully saturated rings. The molecule has 0 unspecified atom stereocenters. The molecule has 0 aliphatic carbocycles. The fourth-order valence-corrected chi connectivity index (χ4v) is 2.92. The number of nitriles is 1. The molecule has 0 saturated carbocycles. The average molecular weight is 306 g/mol. The molecule has 8 nitrogen and oxygen atoms in total. The number of hydrogen-bond donors (Lipinski definition) is 0. The molecule has 21 heavy (non-hydrogen) atoms. The first-order chi connectivity index (χ1) is 9.92. The van der Waals surface area contributed by atoms with Gasteiger partial charge in [0.1, 0.15) is 12.4 Å². The van der Waals surface area contributed by atoms with E-state index in [9.17, 15) is 18.5 Å². The van der Waals surface area contributed by atoms with E-state index in [-0.39, 0.29) is 28.4 Å². The van der Waals surface area contributed by atoms with Gasteiger partial charge in [0.2, 0.25) is 0 Å². The van der Waals surface area contributed by atoms with E-state index in [1.54, 1.807) is 0 Å². The Hall–Kier alpha value is -2.73. The van der Waals surface area contributed by atoms with Gasteiger partial charge in [0.15, 0.2) is 9.84 Å². The molecule has 9 heteroatoms. The van der Waals surface area contributed by atoms with Crippen LogP contribution in [0.25, 0.3) is 0 Å². The Kier molecular flexibility index (Phi) is 4.00. The van der Waals surface area contributed by atoms with E-state index < -0.39 is 14.8 Å². The normalized spacial score (nSPS) is 11.0. The predicted molar refractivity (Wildman–Crippen MR) is 72.1 cm³/mol. The number of sulfone groups is 1. The Morgan fingerprint density at radius 2 is 2.19 bits per heavy atom. The predicted octanol–water partition coefficient (Wildman–Crippen LogP) is 1.14. The summed E-state index contributed by atoms with van der Waals surface area (Å²) < 4.78 is 25.5. The first-order valence-electron chi connectivity index (χ1n) is 5.82. The lowest BCUT2D eigenvalue weighted by Gasteiger charge is -2.04. The fraction of sp³-hybridized carbons (Fsp3) is 0.167. The Balaban J connectivity index is 2.13. The van der Waals surface area contributed by atoms with Crippen LogP contribution in [0.4, 0.5) is 5.69 Å². The minimum Gasteiger partial charge on any atom is -0.265 e. The summed E-state index contributed by atoms with van der Waals surface area (Å²) in [6, 6.07) is 7.57. The van der Waals surface area contributed by atoms with E-state index >= 15 is 0 Å². The standard InChI is InChI=1S/C12H10N4O4S/c13-7-10-2-1-3-12(6-10)21(19,20)5-4-15-9-11(8-14-15)16(17)18/h1-3,6,8-9H,4-5H2. The van der Waals surface area contributed by atoms with Gasteiger partial charge in [-0.25, -0.2) is 8.42 Å². The van der Waals surface area contributed by atoms with Gasteiger partial charge in [-0.15, -0.1) is 0 Å². The van der Waals surface area contributed by atoms with Crippen LogP contribution in [0.15, 0.2) is 41.6 Å². The second kappa shape index (κ2) is 5.72. The second-order valence-electron chi connectivity index (χ2n) is 4.18. The van der Waals surface area contributed by atoms with Crippen molar-refractivity contribution in [2.75, 3.05) is 5.75 Å². The summed E-state index contributed by atoms with van der Waals surface area (Å²) >= 11 is 0. The third-order valence-corrected chi connectivity index (χ3v) is 4.43. The van der Waals surface area contributed by atoms with Gasteiger partial charge < -0.3 is 0 Å². The molecule has 1 aromatic heterocycles. The molecule has 108 valence electrons. The van der Waals surface area contributed by atoms with E-state index in [2.05, 4.69) is 5.10 Å². The summed E-state index contributed by atoms with van der Waals surface area (Å²) in [4.78, 5) is 9.95. The Morgan fingerprint density at radius 3 is 2.81 bits per heavy atom. The van der Waals surface area contributed by atoms with Crippen molar-refractivity contribution in [2.45, 2.75) is 11.4 Å². The average Bonchev–Trinajstić information content (AvgIpc) is 2.94. The van der Waals surface area contributed by atoms with Gasteiger partial charge >= 0.3 is 5.69 Å². The van der Waals surface area contributed by atoms with Crippen molar-refractivity contribution in [1.29, 1.82) is 5.26 Å². The highest BCUT2D eigenvalue weighted by atomic mass is 32.2. The summed E-state index contributed by atoms with van der Waals surface area (Å²) in [5.74, 6) is -0.263. The maximum absolute atomic E-state index is 12.1. The number of hydrogen-bond acceptors (Lipinski definition) is 6. The van der Waals surface area contributed by atoms with Gasteiger partial charge in [-0.3, -0.25) is 14.8 Å². The van der Waals surface area contributed by atoms with Gasteiger partial charge in [-0.05, 0) is 18.2 Å². The van der Waals surface area contributed by atoms with Crippen LogP contribution in [-0.2, 0) is 16.4 Å². The third kappa shape index (κ3) is 3.43. The van der Waals surface area contributed by atoms with Crippen LogP contribution in [0.5, 0.6) is 0 Å². The summed E-state index contributed by atoms with van der Waals surface area (Å²) in [5.41, 5.74) is 0.0599. The van der Waals surface area contributed by atoms with E-state index in [0.29, 0.717) is 0 Å². The molecule has 0 aliphatic heterocycles. The molecule has 0 N–H and O–H groups in total. The SMILES string of the molecule is N#Cc1cccc(S(=O)(=O)CCn2cc([N+](=O)[O-])cn2)c1. The zero-order chi connectivity index (χ0) is 15.5. The minimum absolute atomic E-state index is 0.00699. The number of nitrogens with zero attached hydrogens (tertiary/aromatic N) is 4. The number of rotatable bonds is 5. The Morgan fingerprint density at radius 1 is 1.43 bits per heavy atom. The lowest BCUT2D eigenvalue weighted by Crippen LogP contribution is -2.13. The van der Waals surface area contributed by atoms with Gasteiger partial charge in [-0.2, -0.15) is 10.4 Å². The van der Waals surface area contributed by atoms with E-state index in [1.807, 2.05) is 6.07 Å². The molecule has 0 saturated heterocycles. The molecule has 1 aromatic carbocycles. The summed E-state index contributed by atoms with van der Waals surface area (Å²) in [7, 11) is -3.58. The van der Waals surface area contributed by atoms with Crippen molar-refractivity contribution in [2.24, 2.45) is 0 Å². The molecule has 0 amide bonds. The van der Waals surface area contributed by atoms with E-state index in [1.165, 1.54) is 35.1 Å². The van der Waals surface area contributed by atoms with E-state index in [4.69, 9.17) is 5.26 Å². The van der Waals surface area contributed by atoms with Crippen LogP contribution < -0.4 is 0 Å². The lowest BCUT2D eigenvalue weighted by molar-refractivity contribution is -0.385. The number of aryl methyl sites for hydroxylation is 1.